The van der Waals surface area contributed by atoms with E-state index in [2.05, 4.69) is 25.6 Å². The predicted octanol–water partition coefficient (Wildman–Crippen LogP) is 5.19. The third-order valence-electron chi connectivity index (χ3n) is 7.28. The number of fused-ring (bicyclic) bond motifs is 1. The molecular weight excluding hydrogens is 516 g/mol. The quantitative estimate of drug-likeness (QED) is 0.270. The van der Waals surface area contributed by atoms with Crippen molar-refractivity contribution < 1.29 is 14.7 Å². The number of hydrogen-bond acceptors (Lipinski definition) is 6. The Hall–Kier alpha value is -5.02. The van der Waals surface area contributed by atoms with E-state index in [9.17, 15) is 14.7 Å². The molecule has 206 valence electrons. The number of benzene rings is 3. The number of amides is 2. The molecule has 0 radical (unpaired) electrons. The van der Waals surface area contributed by atoms with E-state index >= 15 is 0 Å². The van der Waals surface area contributed by atoms with Crippen LogP contribution in [0.3, 0.4) is 0 Å². The Bertz CT molecular complexity index is 1700. The molecule has 3 N–H and O–H groups in total. The first-order chi connectivity index (χ1) is 19.9. The number of nitrogens with one attached hydrogen (secondary N) is 2. The minimum absolute atomic E-state index is 0.184. The number of aromatic nitrogens is 3. The minimum atomic E-state index is -0.265. The second-order valence-electron chi connectivity index (χ2n) is 10.2. The summed E-state index contributed by atoms with van der Waals surface area (Å²) in [7, 11) is 0. The molecule has 0 unspecified atom stereocenters. The SMILES string of the molecule is Cc1cccc(C(=O)Nc2ccc(-n3ncc4cc(NC(=O)c5ccc(N6CCC(O)CC6)cc5)ccc43)cc2)n1. The summed E-state index contributed by atoms with van der Waals surface area (Å²) in [6.07, 6.45) is 3.06. The van der Waals surface area contributed by atoms with Gasteiger partial charge in [-0.25, -0.2) is 9.67 Å². The molecule has 0 atom stereocenters. The topological polar surface area (TPSA) is 112 Å². The Balaban J connectivity index is 1.11. The summed E-state index contributed by atoms with van der Waals surface area (Å²) in [4.78, 5) is 31.9. The number of pyridine rings is 1. The van der Waals surface area contributed by atoms with Crippen LogP contribution in [0.5, 0.6) is 0 Å². The van der Waals surface area contributed by atoms with Crippen molar-refractivity contribution in [3.05, 3.63) is 108 Å². The highest BCUT2D eigenvalue weighted by atomic mass is 16.3. The van der Waals surface area contributed by atoms with Gasteiger partial charge >= 0.3 is 0 Å². The minimum Gasteiger partial charge on any atom is -0.393 e. The maximum Gasteiger partial charge on any atom is 0.274 e. The molecule has 1 aliphatic heterocycles. The van der Waals surface area contributed by atoms with Gasteiger partial charge in [0.1, 0.15) is 5.69 Å². The maximum atomic E-state index is 12.9. The van der Waals surface area contributed by atoms with Crippen LogP contribution in [0.15, 0.2) is 91.1 Å². The van der Waals surface area contributed by atoms with Gasteiger partial charge in [-0.05, 0) is 98.6 Å². The number of aryl methyl sites for hydroxylation is 1. The van der Waals surface area contributed by atoms with Crippen molar-refractivity contribution in [2.45, 2.75) is 25.9 Å². The van der Waals surface area contributed by atoms with Crippen LogP contribution in [0.25, 0.3) is 16.6 Å². The van der Waals surface area contributed by atoms with Gasteiger partial charge in [-0.3, -0.25) is 9.59 Å². The zero-order chi connectivity index (χ0) is 28.3. The Labute approximate surface area is 237 Å². The van der Waals surface area contributed by atoms with Crippen molar-refractivity contribution in [1.29, 1.82) is 0 Å². The zero-order valence-electron chi connectivity index (χ0n) is 22.6. The first-order valence-electron chi connectivity index (χ1n) is 13.6. The summed E-state index contributed by atoms with van der Waals surface area (Å²) in [5, 5.41) is 21.0. The van der Waals surface area contributed by atoms with Gasteiger partial charge in [0, 0.05) is 46.8 Å². The van der Waals surface area contributed by atoms with Crippen LogP contribution in [-0.4, -0.2) is 50.9 Å². The second-order valence-corrected chi connectivity index (χ2v) is 10.2. The van der Waals surface area contributed by atoms with Crippen LogP contribution in [0.2, 0.25) is 0 Å². The van der Waals surface area contributed by atoms with Crippen LogP contribution in [-0.2, 0) is 0 Å². The van der Waals surface area contributed by atoms with Crippen molar-refractivity contribution in [2.24, 2.45) is 0 Å². The molecule has 0 spiro atoms. The third-order valence-corrected chi connectivity index (χ3v) is 7.28. The molecule has 6 rings (SSSR count). The largest absolute Gasteiger partial charge is 0.393 e. The van der Waals surface area contributed by atoms with Gasteiger partial charge in [0.25, 0.3) is 11.8 Å². The lowest BCUT2D eigenvalue weighted by atomic mass is 10.1. The molecule has 0 bridgehead atoms. The Morgan fingerprint density at radius 3 is 2.24 bits per heavy atom. The second kappa shape index (κ2) is 11.2. The Morgan fingerprint density at radius 2 is 1.51 bits per heavy atom. The van der Waals surface area contributed by atoms with Crippen LogP contribution in [0.1, 0.15) is 39.4 Å². The van der Waals surface area contributed by atoms with Gasteiger partial charge in [0.05, 0.1) is 23.5 Å². The average Bonchev–Trinajstić information content (AvgIpc) is 3.41. The molecular formula is C32H30N6O3. The molecule has 9 heteroatoms. The first kappa shape index (κ1) is 26.2. The highest BCUT2D eigenvalue weighted by Crippen LogP contribution is 2.25. The van der Waals surface area contributed by atoms with E-state index < -0.39 is 0 Å². The maximum absolute atomic E-state index is 12.9. The molecule has 1 saturated heterocycles. The lowest BCUT2D eigenvalue weighted by molar-refractivity contribution is 0.101. The molecule has 9 nitrogen and oxygen atoms in total. The van der Waals surface area contributed by atoms with E-state index in [0.29, 0.717) is 22.6 Å². The zero-order valence-corrected chi connectivity index (χ0v) is 22.6. The third kappa shape index (κ3) is 5.80. The summed E-state index contributed by atoms with van der Waals surface area (Å²) in [5.74, 6) is -0.449. The van der Waals surface area contributed by atoms with Gasteiger partial charge in [-0.1, -0.05) is 6.07 Å². The summed E-state index contributed by atoms with van der Waals surface area (Å²) in [5.41, 5.74) is 5.85. The number of aliphatic hydroxyl groups excluding tert-OH is 1. The first-order valence-corrected chi connectivity index (χ1v) is 13.6. The number of hydrogen-bond donors (Lipinski definition) is 3. The lowest BCUT2D eigenvalue weighted by Gasteiger charge is -2.31. The Morgan fingerprint density at radius 1 is 0.829 bits per heavy atom. The standard InChI is InChI=1S/C32H30N6O3/c1-21-3-2-4-29(34-21)32(41)35-24-7-12-27(13-8-24)38-30-14-9-25(19-23(30)20-33-38)36-31(40)22-5-10-26(11-6-22)37-17-15-28(39)16-18-37/h2-14,19-20,28,39H,15-18H2,1H3,(H,35,41)(H,36,40). The number of aliphatic hydroxyl groups is 1. The van der Waals surface area contributed by atoms with E-state index in [0.717, 1.165) is 53.9 Å². The van der Waals surface area contributed by atoms with Crippen LogP contribution >= 0.6 is 0 Å². The molecule has 3 aromatic carbocycles. The number of carbonyl (C=O) groups is 2. The predicted molar refractivity (Wildman–Crippen MR) is 160 cm³/mol. The number of nitrogens with zero attached hydrogens (tertiary/aromatic N) is 4. The highest BCUT2D eigenvalue weighted by Gasteiger charge is 2.18. The number of rotatable bonds is 6. The van der Waals surface area contributed by atoms with E-state index in [4.69, 9.17) is 0 Å². The molecule has 1 aliphatic rings. The van der Waals surface area contributed by atoms with Crippen molar-refractivity contribution in [2.75, 3.05) is 28.6 Å². The number of anilines is 3. The van der Waals surface area contributed by atoms with Gasteiger partial charge in [0.15, 0.2) is 0 Å². The van der Waals surface area contributed by atoms with Crippen molar-refractivity contribution in [3.63, 3.8) is 0 Å². The summed E-state index contributed by atoms with van der Waals surface area (Å²) in [6, 6.07) is 26.0. The molecule has 2 amide bonds. The molecule has 3 heterocycles. The molecule has 0 saturated carbocycles. The summed E-state index contributed by atoms with van der Waals surface area (Å²) < 4.78 is 1.81. The van der Waals surface area contributed by atoms with Crippen LogP contribution in [0, 0.1) is 6.92 Å². The summed E-state index contributed by atoms with van der Waals surface area (Å²) in [6.45, 7) is 3.47. The number of carbonyl (C=O) groups excluding carboxylic acids is 2. The van der Waals surface area contributed by atoms with Gasteiger partial charge in [0.2, 0.25) is 0 Å². The fourth-order valence-corrected chi connectivity index (χ4v) is 5.02. The summed E-state index contributed by atoms with van der Waals surface area (Å²) >= 11 is 0. The van der Waals surface area contributed by atoms with Gasteiger partial charge < -0.3 is 20.6 Å². The van der Waals surface area contributed by atoms with Crippen molar-refractivity contribution in [1.82, 2.24) is 14.8 Å². The van der Waals surface area contributed by atoms with E-state index in [1.165, 1.54) is 0 Å². The molecule has 41 heavy (non-hydrogen) atoms. The fourth-order valence-electron chi connectivity index (χ4n) is 5.02. The normalized spacial score (nSPS) is 13.8. The van der Waals surface area contributed by atoms with Crippen LogP contribution in [0.4, 0.5) is 17.1 Å². The molecule has 0 aliphatic carbocycles. The van der Waals surface area contributed by atoms with E-state index in [-0.39, 0.29) is 17.9 Å². The molecule has 2 aromatic heterocycles. The molecule has 5 aromatic rings. The Kier molecular flexibility index (Phi) is 7.18. The smallest absolute Gasteiger partial charge is 0.274 e. The lowest BCUT2D eigenvalue weighted by Crippen LogP contribution is -2.35. The van der Waals surface area contributed by atoms with Crippen molar-refractivity contribution in [3.8, 4) is 5.69 Å². The van der Waals surface area contributed by atoms with Gasteiger partial charge in [-0.2, -0.15) is 5.10 Å². The number of piperidine rings is 1. The van der Waals surface area contributed by atoms with Crippen LogP contribution < -0.4 is 15.5 Å². The van der Waals surface area contributed by atoms with Crippen molar-refractivity contribution >= 4 is 39.8 Å². The van der Waals surface area contributed by atoms with E-state index in [1.54, 1.807) is 18.3 Å². The van der Waals surface area contributed by atoms with Gasteiger partial charge in [-0.15, -0.1) is 0 Å². The molecule has 1 fully saturated rings. The average molecular weight is 547 g/mol. The monoisotopic (exact) mass is 546 g/mol. The highest BCUT2D eigenvalue weighted by molar-refractivity contribution is 6.05. The van der Waals surface area contributed by atoms with E-state index in [1.807, 2.05) is 84.4 Å². The fraction of sp³-hybridized carbons (Fsp3) is 0.188.